The first-order valence-corrected chi connectivity index (χ1v) is 9.00. The van der Waals surface area contributed by atoms with E-state index in [1.165, 1.54) is 12.8 Å². The molecule has 1 fully saturated rings. The Morgan fingerprint density at radius 3 is 2.72 bits per heavy atom. The summed E-state index contributed by atoms with van der Waals surface area (Å²) in [6.45, 7) is 6.79. The van der Waals surface area contributed by atoms with E-state index in [1.54, 1.807) is 0 Å². The van der Waals surface area contributed by atoms with Gasteiger partial charge in [-0.15, -0.1) is 6.42 Å². The lowest BCUT2D eigenvalue weighted by Gasteiger charge is -2.13. The topological polar surface area (TPSA) is 54.9 Å². The second-order valence-electron chi connectivity index (χ2n) is 6.48. The molecule has 0 spiro atoms. The number of terminal acetylenes is 1. The first kappa shape index (κ1) is 19.1. The number of nitrogens with one attached hydrogen (secondary N) is 2. The molecular formula is C20H29N3O2. The monoisotopic (exact) mass is 343 g/mol. The number of ether oxygens (including phenoxy) is 2. The highest BCUT2D eigenvalue weighted by molar-refractivity contribution is 5.93. The summed E-state index contributed by atoms with van der Waals surface area (Å²) in [5.41, 5.74) is 0.935. The van der Waals surface area contributed by atoms with Gasteiger partial charge in [0.2, 0.25) is 0 Å². The molecule has 2 N–H and O–H groups in total. The predicted molar refractivity (Wildman–Crippen MR) is 103 cm³/mol. The third-order valence-corrected chi connectivity index (χ3v) is 3.61. The second-order valence-corrected chi connectivity index (χ2v) is 6.48. The summed E-state index contributed by atoms with van der Waals surface area (Å²) in [4.78, 5) is 4.55. The Morgan fingerprint density at radius 1 is 1.32 bits per heavy atom. The summed E-state index contributed by atoms with van der Waals surface area (Å²) in [7, 11) is 0. The molecule has 0 aliphatic heterocycles. The van der Waals surface area contributed by atoms with Crippen molar-refractivity contribution in [1.29, 1.82) is 0 Å². The molecular weight excluding hydrogens is 314 g/mol. The van der Waals surface area contributed by atoms with Crippen LogP contribution in [0.1, 0.15) is 33.1 Å². The molecule has 0 atom stereocenters. The maximum atomic E-state index is 5.65. The molecule has 1 aromatic rings. The van der Waals surface area contributed by atoms with Gasteiger partial charge in [0.15, 0.2) is 5.96 Å². The zero-order valence-corrected chi connectivity index (χ0v) is 15.3. The fourth-order valence-corrected chi connectivity index (χ4v) is 2.19. The van der Waals surface area contributed by atoms with E-state index in [-0.39, 0.29) is 6.10 Å². The summed E-state index contributed by atoms with van der Waals surface area (Å²) < 4.78 is 11.3. The standard InChI is InChI=1S/C20H29N3O2/c1-4-12-21-20(22-13-5-14-24-15-17-6-7-17)23-18-8-10-19(11-9-18)25-16(2)3/h1,8-11,16-17H,5-7,12-15H2,2-3H3,(H2,21,22,23). The van der Waals surface area contributed by atoms with E-state index in [2.05, 4.69) is 21.5 Å². The van der Waals surface area contributed by atoms with Gasteiger partial charge in [-0.1, -0.05) is 5.92 Å². The predicted octanol–water partition coefficient (Wildman–Crippen LogP) is 3.28. The molecule has 136 valence electrons. The highest BCUT2D eigenvalue weighted by atomic mass is 16.5. The van der Waals surface area contributed by atoms with Crippen molar-refractivity contribution in [2.24, 2.45) is 10.9 Å². The van der Waals surface area contributed by atoms with E-state index in [0.29, 0.717) is 19.0 Å². The van der Waals surface area contributed by atoms with Gasteiger partial charge >= 0.3 is 0 Å². The lowest BCUT2D eigenvalue weighted by Crippen LogP contribution is -2.31. The third-order valence-electron chi connectivity index (χ3n) is 3.61. The highest BCUT2D eigenvalue weighted by Gasteiger charge is 2.20. The lowest BCUT2D eigenvalue weighted by atomic mass is 10.3. The van der Waals surface area contributed by atoms with E-state index in [1.807, 2.05) is 38.1 Å². The van der Waals surface area contributed by atoms with Gasteiger partial charge in [0, 0.05) is 25.4 Å². The average Bonchev–Trinajstić information content (AvgIpc) is 3.41. The van der Waals surface area contributed by atoms with Crippen LogP contribution in [0, 0.1) is 18.3 Å². The molecule has 1 aliphatic rings. The van der Waals surface area contributed by atoms with Gasteiger partial charge in [0.25, 0.3) is 0 Å². The minimum atomic E-state index is 0.162. The Kier molecular flexibility index (Phi) is 8.14. The van der Waals surface area contributed by atoms with Gasteiger partial charge in [0.05, 0.1) is 12.6 Å². The smallest absolute Gasteiger partial charge is 0.196 e. The first-order chi connectivity index (χ1) is 12.2. The Bertz CT molecular complexity index is 572. The Labute approximate surface area is 151 Å². The van der Waals surface area contributed by atoms with E-state index in [4.69, 9.17) is 15.9 Å². The maximum Gasteiger partial charge on any atom is 0.196 e. The normalized spacial score (nSPS) is 14.2. The summed E-state index contributed by atoms with van der Waals surface area (Å²) in [6, 6.07) is 7.80. The van der Waals surface area contributed by atoms with Crippen LogP contribution in [0.2, 0.25) is 0 Å². The number of hydrogen-bond acceptors (Lipinski definition) is 3. The number of nitrogens with zero attached hydrogens (tertiary/aromatic N) is 1. The summed E-state index contributed by atoms with van der Waals surface area (Å²) in [5, 5.41) is 6.38. The van der Waals surface area contributed by atoms with Crippen molar-refractivity contribution in [2.45, 2.75) is 39.2 Å². The van der Waals surface area contributed by atoms with Crippen LogP contribution in [-0.2, 0) is 4.74 Å². The molecule has 0 radical (unpaired) electrons. The van der Waals surface area contributed by atoms with Crippen LogP contribution in [0.5, 0.6) is 5.75 Å². The minimum absolute atomic E-state index is 0.162. The van der Waals surface area contributed by atoms with Crippen LogP contribution in [0.3, 0.4) is 0 Å². The molecule has 0 saturated heterocycles. The van der Waals surface area contributed by atoms with Gasteiger partial charge in [0.1, 0.15) is 5.75 Å². The highest BCUT2D eigenvalue weighted by Crippen LogP contribution is 2.28. The average molecular weight is 343 g/mol. The Morgan fingerprint density at radius 2 is 2.08 bits per heavy atom. The molecule has 0 unspecified atom stereocenters. The SMILES string of the molecule is C#CCNC(=NCCCOCC1CC1)Nc1ccc(OC(C)C)cc1. The molecule has 0 heterocycles. The Hall–Kier alpha value is -2.19. The van der Waals surface area contributed by atoms with E-state index in [9.17, 15) is 0 Å². The number of rotatable bonds is 10. The first-order valence-electron chi connectivity index (χ1n) is 9.00. The van der Waals surface area contributed by atoms with Crippen molar-refractivity contribution in [2.75, 3.05) is 31.6 Å². The van der Waals surface area contributed by atoms with Crippen molar-refractivity contribution in [3.8, 4) is 18.1 Å². The van der Waals surface area contributed by atoms with Gasteiger partial charge < -0.3 is 20.1 Å². The van der Waals surface area contributed by atoms with Crippen molar-refractivity contribution >= 4 is 11.6 Å². The van der Waals surface area contributed by atoms with E-state index >= 15 is 0 Å². The quantitative estimate of drug-likeness (QED) is 0.296. The number of anilines is 1. The molecule has 0 aromatic heterocycles. The molecule has 0 amide bonds. The van der Waals surface area contributed by atoms with Gasteiger partial charge in [-0.25, -0.2) is 0 Å². The zero-order chi connectivity index (χ0) is 17.9. The fraction of sp³-hybridized carbons (Fsp3) is 0.550. The summed E-state index contributed by atoms with van der Waals surface area (Å²) in [5.74, 6) is 4.90. The molecule has 1 aliphatic carbocycles. The zero-order valence-electron chi connectivity index (χ0n) is 15.3. The van der Waals surface area contributed by atoms with Crippen LogP contribution >= 0.6 is 0 Å². The molecule has 1 saturated carbocycles. The number of benzene rings is 1. The van der Waals surface area contributed by atoms with Crippen LogP contribution in [-0.4, -0.2) is 38.4 Å². The Balaban J connectivity index is 1.78. The van der Waals surface area contributed by atoms with Gasteiger partial charge in [-0.3, -0.25) is 4.99 Å². The second kappa shape index (κ2) is 10.6. The number of hydrogen-bond donors (Lipinski definition) is 2. The van der Waals surface area contributed by atoms with Crippen LogP contribution in [0.15, 0.2) is 29.3 Å². The molecule has 5 nitrogen and oxygen atoms in total. The fourth-order valence-electron chi connectivity index (χ4n) is 2.19. The van der Waals surface area contributed by atoms with Crippen molar-refractivity contribution in [1.82, 2.24) is 5.32 Å². The number of aliphatic imine (C=N–C) groups is 1. The van der Waals surface area contributed by atoms with Crippen LogP contribution in [0.25, 0.3) is 0 Å². The number of guanidine groups is 1. The molecule has 1 aromatic carbocycles. The summed E-state index contributed by atoms with van der Waals surface area (Å²) >= 11 is 0. The van der Waals surface area contributed by atoms with Crippen molar-refractivity contribution in [3.63, 3.8) is 0 Å². The van der Waals surface area contributed by atoms with Crippen molar-refractivity contribution < 1.29 is 9.47 Å². The molecule has 0 bridgehead atoms. The third kappa shape index (κ3) is 8.46. The van der Waals surface area contributed by atoms with Crippen molar-refractivity contribution in [3.05, 3.63) is 24.3 Å². The maximum absolute atomic E-state index is 5.65. The van der Waals surface area contributed by atoms with Gasteiger partial charge in [-0.05, 0) is 63.3 Å². The largest absolute Gasteiger partial charge is 0.491 e. The van der Waals surface area contributed by atoms with Gasteiger partial charge in [-0.2, -0.15) is 0 Å². The lowest BCUT2D eigenvalue weighted by molar-refractivity contribution is 0.123. The molecule has 25 heavy (non-hydrogen) atoms. The van der Waals surface area contributed by atoms with E-state index < -0.39 is 0 Å². The molecule has 5 heteroatoms. The molecule has 2 rings (SSSR count). The van der Waals surface area contributed by atoms with E-state index in [0.717, 1.165) is 37.0 Å². The summed E-state index contributed by atoms with van der Waals surface area (Å²) in [6.07, 6.45) is 9.04. The van der Waals surface area contributed by atoms with Crippen LogP contribution < -0.4 is 15.4 Å². The van der Waals surface area contributed by atoms with Crippen LogP contribution in [0.4, 0.5) is 5.69 Å². The minimum Gasteiger partial charge on any atom is -0.491 e.